The van der Waals surface area contributed by atoms with Gasteiger partial charge in [-0.25, -0.2) is 4.98 Å². The van der Waals surface area contributed by atoms with Crippen LogP contribution in [-0.4, -0.2) is 34.4 Å². The number of aromatic nitrogens is 3. The summed E-state index contributed by atoms with van der Waals surface area (Å²) in [6.07, 6.45) is 4.41. The minimum Gasteiger partial charge on any atom is -0.379 e. The number of hydrogen-bond acceptors (Lipinski definition) is 6. The highest BCUT2D eigenvalue weighted by Crippen LogP contribution is 2.28. The van der Waals surface area contributed by atoms with Gasteiger partial charge in [0.25, 0.3) is 5.56 Å². The summed E-state index contributed by atoms with van der Waals surface area (Å²) in [5.74, 6) is 0.784. The molecule has 0 saturated heterocycles. The Morgan fingerprint density at radius 3 is 3.14 bits per heavy atom. The molecule has 7 heteroatoms. The van der Waals surface area contributed by atoms with Crippen LogP contribution in [0.15, 0.2) is 10.9 Å². The summed E-state index contributed by atoms with van der Waals surface area (Å²) in [6, 6.07) is 1.57. The van der Waals surface area contributed by atoms with E-state index in [9.17, 15) is 4.79 Å². The van der Waals surface area contributed by atoms with E-state index in [0.29, 0.717) is 23.2 Å². The molecule has 0 unspecified atom stereocenters. The molecule has 2 aromatic heterocycles. The number of anilines is 1. The van der Waals surface area contributed by atoms with Crippen LogP contribution in [0.5, 0.6) is 0 Å². The van der Waals surface area contributed by atoms with Crippen molar-refractivity contribution in [2.45, 2.75) is 32.6 Å². The zero-order valence-corrected chi connectivity index (χ0v) is 13.0. The molecule has 2 heterocycles. The first-order chi connectivity index (χ1) is 10.3. The zero-order chi connectivity index (χ0) is 14.7. The smallest absolute Gasteiger partial charge is 0.275 e. The van der Waals surface area contributed by atoms with Gasteiger partial charge in [-0.1, -0.05) is 24.7 Å². The molecule has 1 aliphatic rings. The first kappa shape index (κ1) is 14.5. The van der Waals surface area contributed by atoms with Crippen LogP contribution < -0.4 is 10.9 Å². The van der Waals surface area contributed by atoms with E-state index in [0.717, 1.165) is 31.1 Å². The Balaban J connectivity index is 1.60. The third kappa shape index (κ3) is 3.79. The molecule has 0 radical (unpaired) electrons. The predicted octanol–water partition coefficient (Wildman–Crippen LogP) is 1.94. The molecule has 0 amide bonds. The first-order valence-electron chi connectivity index (χ1n) is 7.47. The lowest BCUT2D eigenvalue weighted by Gasteiger charge is -2.03. The van der Waals surface area contributed by atoms with Gasteiger partial charge in [-0.2, -0.15) is 4.52 Å². The number of fused-ring (bicyclic) bond motifs is 1. The Kier molecular flexibility index (Phi) is 4.50. The van der Waals surface area contributed by atoms with Gasteiger partial charge in [0, 0.05) is 24.9 Å². The van der Waals surface area contributed by atoms with Crippen molar-refractivity contribution in [3.63, 3.8) is 0 Å². The maximum atomic E-state index is 12.0. The Morgan fingerprint density at radius 2 is 2.38 bits per heavy atom. The minimum atomic E-state index is -0.113. The third-order valence-electron chi connectivity index (χ3n) is 3.38. The summed E-state index contributed by atoms with van der Waals surface area (Å²) in [4.78, 5) is 17.1. The fourth-order valence-electron chi connectivity index (χ4n) is 2.08. The van der Waals surface area contributed by atoms with Gasteiger partial charge in [0.15, 0.2) is 0 Å². The molecule has 1 saturated carbocycles. The number of nitrogens with zero attached hydrogens (tertiary/aromatic N) is 3. The number of aryl methyl sites for hydroxylation is 1. The van der Waals surface area contributed by atoms with Gasteiger partial charge in [0.05, 0.1) is 6.61 Å². The molecule has 0 aromatic carbocycles. The van der Waals surface area contributed by atoms with Crippen molar-refractivity contribution in [1.82, 2.24) is 14.6 Å². The fraction of sp³-hybridized carbons (Fsp3) is 0.643. The van der Waals surface area contributed by atoms with Crippen LogP contribution in [0.2, 0.25) is 0 Å². The van der Waals surface area contributed by atoms with Crippen LogP contribution in [0.25, 0.3) is 4.96 Å². The van der Waals surface area contributed by atoms with E-state index in [4.69, 9.17) is 4.74 Å². The molecule has 1 aliphatic carbocycles. The van der Waals surface area contributed by atoms with E-state index >= 15 is 0 Å². The van der Waals surface area contributed by atoms with Crippen LogP contribution in [0.4, 0.5) is 5.13 Å². The highest BCUT2D eigenvalue weighted by atomic mass is 32.1. The van der Waals surface area contributed by atoms with Crippen molar-refractivity contribution >= 4 is 21.4 Å². The average molecular weight is 308 g/mol. The molecule has 0 aliphatic heterocycles. The number of hydrogen-bond donors (Lipinski definition) is 1. The van der Waals surface area contributed by atoms with Crippen LogP contribution >= 0.6 is 11.3 Å². The summed E-state index contributed by atoms with van der Waals surface area (Å²) in [5.41, 5.74) is 0.725. The Morgan fingerprint density at radius 1 is 1.52 bits per heavy atom. The van der Waals surface area contributed by atoms with E-state index in [1.165, 1.54) is 28.7 Å². The highest BCUT2D eigenvalue weighted by Gasteiger charge is 2.20. The fourth-order valence-corrected chi connectivity index (χ4v) is 2.93. The van der Waals surface area contributed by atoms with E-state index in [2.05, 4.69) is 22.3 Å². The first-order valence-corrected chi connectivity index (χ1v) is 8.29. The molecule has 6 nitrogen and oxygen atoms in total. The van der Waals surface area contributed by atoms with Gasteiger partial charge in [-0.05, 0) is 25.2 Å². The lowest BCUT2D eigenvalue weighted by atomic mass is 10.2. The summed E-state index contributed by atoms with van der Waals surface area (Å²) in [6.45, 7) is 4.30. The topological polar surface area (TPSA) is 68.5 Å². The van der Waals surface area contributed by atoms with Gasteiger partial charge in [-0.15, -0.1) is 5.10 Å². The van der Waals surface area contributed by atoms with E-state index in [1.807, 2.05) is 0 Å². The molecule has 2 aromatic rings. The maximum Gasteiger partial charge on any atom is 0.275 e. The van der Waals surface area contributed by atoms with Gasteiger partial charge < -0.3 is 10.1 Å². The molecule has 3 rings (SSSR count). The quantitative estimate of drug-likeness (QED) is 0.755. The molecule has 0 spiro atoms. The average Bonchev–Trinajstić information content (AvgIpc) is 3.18. The van der Waals surface area contributed by atoms with E-state index in [-0.39, 0.29) is 5.56 Å². The summed E-state index contributed by atoms with van der Waals surface area (Å²) >= 11 is 1.40. The lowest BCUT2D eigenvalue weighted by molar-refractivity contribution is 0.134. The number of rotatable bonds is 8. The molecule has 1 fully saturated rings. The molecular weight excluding hydrogens is 288 g/mol. The van der Waals surface area contributed by atoms with Gasteiger partial charge in [0.1, 0.15) is 0 Å². The number of ether oxygens (including phenoxy) is 1. The molecule has 1 N–H and O–H groups in total. The Hall–Kier alpha value is -1.47. The standard InChI is InChI=1S/C14H20N4O2S/c1-2-3-11-8-12(19)18-14(16-11)21-13(17-18)15-6-7-20-9-10-4-5-10/h8,10H,2-7,9H2,1H3,(H,15,17). The van der Waals surface area contributed by atoms with E-state index in [1.54, 1.807) is 6.07 Å². The monoisotopic (exact) mass is 308 g/mol. The zero-order valence-electron chi connectivity index (χ0n) is 12.2. The molecule has 21 heavy (non-hydrogen) atoms. The maximum absolute atomic E-state index is 12.0. The second-order valence-electron chi connectivity index (χ2n) is 5.38. The normalized spacial score (nSPS) is 14.7. The molecular formula is C14H20N4O2S. The van der Waals surface area contributed by atoms with Crippen LogP contribution in [0.3, 0.4) is 0 Å². The van der Waals surface area contributed by atoms with Crippen molar-refractivity contribution in [3.05, 3.63) is 22.1 Å². The second-order valence-corrected chi connectivity index (χ2v) is 6.34. The molecule has 0 bridgehead atoms. The molecule has 0 atom stereocenters. The van der Waals surface area contributed by atoms with Crippen molar-refractivity contribution < 1.29 is 4.74 Å². The summed E-state index contributed by atoms with van der Waals surface area (Å²) < 4.78 is 6.92. The largest absolute Gasteiger partial charge is 0.379 e. The Bertz CT molecular complexity index is 663. The predicted molar refractivity (Wildman–Crippen MR) is 83.2 cm³/mol. The van der Waals surface area contributed by atoms with Crippen molar-refractivity contribution in [2.75, 3.05) is 25.1 Å². The summed E-state index contributed by atoms with van der Waals surface area (Å²) in [7, 11) is 0. The van der Waals surface area contributed by atoms with Crippen LogP contribution in [0.1, 0.15) is 31.9 Å². The number of nitrogens with one attached hydrogen (secondary N) is 1. The lowest BCUT2D eigenvalue weighted by Crippen LogP contribution is -2.16. The van der Waals surface area contributed by atoms with Crippen molar-refractivity contribution in [2.24, 2.45) is 5.92 Å². The minimum absolute atomic E-state index is 0.113. The van der Waals surface area contributed by atoms with Crippen molar-refractivity contribution in [3.8, 4) is 0 Å². The van der Waals surface area contributed by atoms with E-state index < -0.39 is 0 Å². The van der Waals surface area contributed by atoms with Crippen molar-refractivity contribution in [1.29, 1.82) is 0 Å². The van der Waals surface area contributed by atoms with Gasteiger partial charge in [0.2, 0.25) is 10.1 Å². The van der Waals surface area contributed by atoms with Crippen LogP contribution in [0, 0.1) is 5.92 Å². The Labute approximate surface area is 127 Å². The highest BCUT2D eigenvalue weighted by molar-refractivity contribution is 7.20. The van der Waals surface area contributed by atoms with Gasteiger partial charge >= 0.3 is 0 Å². The third-order valence-corrected chi connectivity index (χ3v) is 4.24. The van der Waals surface area contributed by atoms with Crippen LogP contribution in [-0.2, 0) is 11.2 Å². The summed E-state index contributed by atoms with van der Waals surface area (Å²) in [5, 5.41) is 8.15. The second kappa shape index (κ2) is 6.53. The van der Waals surface area contributed by atoms with Gasteiger partial charge in [-0.3, -0.25) is 4.79 Å². The molecule has 114 valence electrons. The SMILES string of the molecule is CCCc1cc(=O)n2nc(NCCOCC3CC3)sc2n1.